The normalized spacial score (nSPS) is 11.3. The highest BCUT2D eigenvalue weighted by atomic mass is 19.4. The largest absolute Gasteiger partial charge is 0.416 e. The van der Waals surface area contributed by atoms with Crippen molar-refractivity contribution in [3.8, 4) is 0 Å². The van der Waals surface area contributed by atoms with E-state index in [9.17, 15) is 18.0 Å². The topological polar surface area (TPSA) is 67.2 Å². The van der Waals surface area contributed by atoms with Gasteiger partial charge in [-0.25, -0.2) is 4.79 Å². The maximum absolute atomic E-state index is 12.4. The SMILES string of the molecule is Cc1cc(CCNC(=O)Nc2ccc(C(F)(F)F)cc2)on1. The molecule has 1 aromatic carbocycles. The van der Waals surface area contributed by atoms with Crippen LogP contribution in [0.3, 0.4) is 0 Å². The van der Waals surface area contributed by atoms with Gasteiger partial charge in [-0.1, -0.05) is 5.16 Å². The van der Waals surface area contributed by atoms with Gasteiger partial charge in [0.15, 0.2) is 0 Å². The second-order valence-electron chi connectivity index (χ2n) is 4.64. The lowest BCUT2D eigenvalue weighted by atomic mass is 10.2. The van der Waals surface area contributed by atoms with Gasteiger partial charge in [-0.15, -0.1) is 0 Å². The van der Waals surface area contributed by atoms with Gasteiger partial charge in [-0.3, -0.25) is 0 Å². The Morgan fingerprint density at radius 3 is 2.50 bits per heavy atom. The van der Waals surface area contributed by atoms with Crippen molar-refractivity contribution in [2.75, 3.05) is 11.9 Å². The Hall–Kier alpha value is -2.51. The van der Waals surface area contributed by atoms with Crippen LogP contribution in [0.25, 0.3) is 0 Å². The molecular formula is C14H14F3N3O2. The Kier molecular flexibility index (Phi) is 4.69. The molecule has 0 fully saturated rings. The molecule has 0 atom stereocenters. The molecule has 0 radical (unpaired) electrons. The molecule has 118 valence electrons. The minimum absolute atomic E-state index is 0.279. The molecule has 0 aliphatic heterocycles. The van der Waals surface area contributed by atoms with Crippen LogP contribution in [0, 0.1) is 6.92 Å². The monoisotopic (exact) mass is 313 g/mol. The summed E-state index contributed by atoms with van der Waals surface area (Å²) in [6.07, 6.45) is -3.92. The number of aryl methyl sites for hydroxylation is 1. The van der Waals surface area contributed by atoms with Crippen LogP contribution >= 0.6 is 0 Å². The van der Waals surface area contributed by atoms with Crippen molar-refractivity contribution in [1.29, 1.82) is 0 Å². The van der Waals surface area contributed by atoms with Crippen LogP contribution in [0.4, 0.5) is 23.7 Å². The average molecular weight is 313 g/mol. The molecule has 2 aromatic rings. The number of halogens is 3. The van der Waals surface area contributed by atoms with Crippen molar-refractivity contribution in [2.45, 2.75) is 19.5 Å². The van der Waals surface area contributed by atoms with Crippen molar-refractivity contribution < 1.29 is 22.5 Å². The lowest BCUT2D eigenvalue weighted by molar-refractivity contribution is -0.137. The predicted molar refractivity (Wildman–Crippen MR) is 73.4 cm³/mol. The maximum Gasteiger partial charge on any atom is 0.416 e. The number of amides is 2. The van der Waals surface area contributed by atoms with E-state index in [1.807, 2.05) is 0 Å². The number of nitrogens with zero attached hydrogens (tertiary/aromatic N) is 1. The molecule has 1 heterocycles. The van der Waals surface area contributed by atoms with E-state index in [0.717, 1.165) is 17.8 Å². The number of anilines is 1. The number of carbonyl (C=O) groups is 1. The highest BCUT2D eigenvalue weighted by Crippen LogP contribution is 2.29. The third kappa shape index (κ3) is 4.51. The fourth-order valence-electron chi connectivity index (χ4n) is 1.75. The first-order valence-electron chi connectivity index (χ1n) is 6.49. The molecule has 5 nitrogen and oxygen atoms in total. The van der Waals surface area contributed by atoms with Crippen LogP contribution in [-0.4, -0.2) is 17.7 Å². The van der Waals surface area contributed by atoms with Crippen molar-refractivity contribution >= 4 is 11.7 Å². The highest BCUT2D eigenvalue weighted by molar-refractivity contribution is 5.89. The van der Waals surface area contributed by atoms with Crippen molar-refractivity contribution in [3.63, 3.8) is 0 Å². The first-order valence-corrected chi connectivity index (χ1v) is 6.49. The number of urea groups is 1. The average Bonchev–Trinajstić information content (AvgIpc) is 2.84. The van der Waals surface area contributed by atoms with E-state index in [2.05, 4.69) is 15.8 Å². The highest BCUT2D eigenvalue weighted by Gasteiger charge is 2.29. The smallest absolute Gasteiger partial charge is 0.361 e. The number of aromatic nitrogens is 1. The quantitative estimate of drug-likeness (QED) is 0.909. The maximum atomic E-state index is 12.4. The molecular weight excluding hydrogens is 299 g/mol. The van der Waals surface area contributed by atoms with Crippen LogP contribution in [-0.2, 0) is 12.6 Å². The van der Waals surface area contributed by atoms with Crippen molar-refractivity contribution in [3.05, 3.63) is 47.3 Å². The lowest BCUT2D eigenvalue weighted by Gasteiger charge is -2.09. The zero-order chi connectivity index (χ0) is 16.2. The van der Waals surface area contributed by atoms with Gasteiger partial charge in [-0.2, -0.15) is 13.2 Å². The van der Waals surface area contributed by atoms with Gasteiger partial charge in [0.1, 0.15) is 5.76 Å². The summed E-state index contributed by atoms with van der Waals surface area (Å²) >= 11 is 0. The Labute approximate surface area is 124 Å². The fourth-order valence-corrected chi connectivity index (χ4v) is 1.75. The van der Waals surface area contributed by atoms with Gasteiger partial charge < -0.3 is 15.2 Å². The van der Waals surface area contributed by atoms with E-state index in [0.29, 0.717) is 18.7 Å². The molecule has 0 aliphatic rings. The standard InChI is InChI=1S/C14H14F3N3O2/c1-9-8-12(22-20-9)6-7-18-13(21)19-11-4-2-10(3-5-11)14(15,16)17/h2-5,8H,6-7H2,1H3,(H2,18,19,21). The Morgan fingerprint density at radius 2 is 1.95 bits per heavy atom. The Bertz CT molecular complexity index is 636. The lowest BCUT2D eigenvalue weighted by Crippen LogP contribution is -2.30. The Morgan fingerprint density at radius 1 is 1.27 bits per heavy atom. The molecule has 2 rings (SSSR count). The Balaban J connectivity index is 1.79. The summed E-state index contributed by atoms with van der Waals surface area (Å²) in [5, 5.41) is 8.74. The summed E-state index contributed by atoms with van der Waals surface area (Å²) < 4.78 is 42.2. The minimum Gasteiger partial charge on any atom is -0.361 e. The second-order valence-corrected chi connectivity index (χ2v) is 4.64. The third-order valence-electron chi connectivity index (χ3n) is 2.80. The number of benzene rings is 1. The molecule has 1 aromatic heterocycles. The molecule has 2 amide bonds. The van der Waals surface area contributed by atoms with E-state index in [-0.39, 0.29) is 5.69 Å². The third-order valence-corrected chi connectivity index (χ3v) is 2.80. The van der Waals surface area contributed by atoms with Gasteiger partial charge in [0.2, 0.25) is 0 Å². The molecule has 0 saturated heterocycles. The van der Waals surface area contributed by atoms with Crippen LogP contribution in [0.1, 0.15) is 17.0 Å². The molecule has 0 aliphatic carbocycles. The number of hydrogen-bond donors (Lipinski definition) is 2. The zero-order valence-corrected chi connectivity index (χ0v) is 11.7. The van der Waals surface area contributed by atoms with E-state index in [1.165, 1.54) is 12.1 Å². The second kappa shape index (κ2) is 6.50. The van der Waals surface area contributed by atoms with E-state index in [4.69, 9.17) is 4.52 Å². The van der Waals surface area contributed by atoms with Crippen LogP contribution in [0.5, 0.6) is 0 Å². The molecule has 8 heteroatoms. The van der Waals surface area contributed by atoms with Crippen molar-refractivity contribution in [1.82, 2.24) is 10.5 Å². The summed E-state index contributed by atoms with van der Waals surface area (Å²) in [4.78, 5) is 11.6. The number of alkyl halides is 3. The van der Waals surface area contributed by atoms with E-state index < -0.39 is 17.8 Å². The molecule has 22 heavy (non-hydrogen) atoms. The zero-order valence-electron chi connectivity index (χ0n) is 11.7. The van der Waals surface area contributed by atoms with E-state index in [1.54, 1.807) is 13.0 Å². The van der Waals surface area contributed by atoms with Gasteiger partial charge in [0, 0.05) is 24.7 Å². The first kappa shape index (κ1) is 15.9. The predicted octanol–water partition coefficient (Wildman–Crippen LogP) is 3.37. The number of hydrogen-bond acceptors (Lipinski definition) is 3. The van der Waals surface area contributed by atoms with E-state index >= 15 is 0 Å². The number of carbonyl (C=O) groups excluding carboxylic acids is 1. The van der Waals surface area contributed by atoms with Gasteiger partial charge in [-0.05, 0) is 31.2 Å². The fraction of sp³-hybridized carbons (Fsp3) is 0.286. The molecule has 0 spiro atoms. The number of nitrogens with one attached hydrogen (secondary N) is 2. The van der Waals surface area contributed by atoms with Gasteiger partial charge in [0.25, 0.3) is 0 Å². The molecule has 0 bridgehead atoms. The summed E-state index contributed by atoms with van der Waals surface area (Å²) in [5.41, 5.74) is 0.268. The molecule has 2 N–H and O–H groups in total. The summed E-state index contributed by atoms with van der Waals surface area (Å²) in [6.45, 7) is 2.11. The molecule has 0 saturated carbocycles. The van der Waals surface area contributed by atoms with Gasteiger partial charge >= 0.3 is 12.2 Å². The van der Waals surface area contributed by atoms with Crippen LogP contribution < -0.4 is 10.6 Å². The van der Waals surface area contributed by atoms with Gasteiger partial charge in [0.05, 0.1) is 11.3 Å². The molecule has 0 unspecified atom stereocenters. The van der Waals surface area contributed by atoms with Crippen LogP contribution in [0.15, 0.2) is 34.9 Å². The first-order chi connectivity index (χ1) is 10.3. The van der Waals surface area contributed by atoms with Crippen molar-refractivity contribution in [2.24, 2.45) is 0 Å². The summed E-state index contributed by atoms with van der Waals surface area (Å²) in [6, 6.07) is 5.47. The summed E-state index contributed by atoms with van der Waals surface area (Å²) in [5.74, 6) is 0.646. The number of rotatable bonds is 4. The van der Waals surface area contributed by atoms with Crippen LogP contribution in [0.2, 0.25) is 0 Å². The summed E-state index contributed by atoms with van der Waals surface area (Å²) in [7, 11) is 0. The minimum atomic E-state index is -4.39.